The molecule has 0 atom stereocenters. The van der Waals surface area contributed by atoms with E-state index in [1.165, 1.54) is 4.68 Å². The third kappa shape index (κ3) is 4.67. The van der Waals surface area contributed by atoms with Gasteiger partial charge in [0.05, 0.1) is 23.4 Å². The van der Waals surface area contributed by atoms with Crippen molar-refractivity contribution in [3.8, 4) is 5.75 Å². The molecule has 0 spiro atoms. The molecule has 0 bridgehead atoms. The quantitative estimate of drug-likeness (QED) is 0.650. The van der Waals surface area contributed by atoms with Crippen molar-refractivity contribution in [2.45, 2.75) is 25.0 Å². The Labute approximate surface area is 147 Å². The lowest BCUT2D eigenvalue weighted by Gasteiger charge is -2.05. The molecule has 1 heterocycles. The fourth-order valence-corrected chi connectivity index (χ4v) is 3.48. The molecule has 0 fully saturated rings. The highest BCUT2D eigenvalue weighted by Crippen LogP contribution is 2.13. The molecule has 6 nitrogen and oxygen atoms in total. The first-order valence-electron chi connectivity index (χ1n) is 7.89. The van der Waals surface area contributed by atoms with E-state index in [2.05, 4.69) is 10.3 Å². The van der Waals surface area contributed by atoms with Crippen LogP contribution in [-0.4, -0.2) is 29.2 Å². The number of ether oxygens (including phenoxy) is 1. The number of rotatable bonds is 7. The Morgan fingerprint density at radius 3 is 2.48 bits per heavy atom. The lowest BCUT2D eigenvalue weighted by atomic mass is 10.2. The van der Waals surface area contributed by atoms with Crippen LogP contribution in [-0.2, 0) is 23.0 Å². The van der Waals surface area contributed by atoms with Gasteiger partial charge in [0.15, 0.2) is 9.84 Å². The van der Waals surface area contributed by atoms with Gasteiger partial charge in [-0.1, -0.05) is 41.1 Å². The maximum absolute atomic E-state index is 12.3. The van der Waals surface area contributed by atoms with Crippen molar-refractivity contribution in [2.75, 3.05) is 5.75 Å². The zero-order valence-electron chi connectivity index (χ0n) is 13.9. The summed E-state index contributed by atoms with van der Waals surface area (Å²) in [7, 11) is -3.34. The average molecular weight is 357 g/mol. The maximum Gasteiger partial charge on any atom is 0.180 e. The number of hydrogen-bond donors (Lipinski definition) is 0. The zero-order valence-corrected chi connectivity index (χ0v) is 14.7. The van der Waals surface area contributed by atoms with E-state index in [1.54, 1.807) is 30.5 Å². The van der Waals surface area contributed by atoms with E-state index in [9.17, 15) is 8.42 Å². The number of nitrogens with zero attached hydrogens (tertiary/aromatic N) is 3. The molecule has 1 aromatic heterocycles. The average Bonchev–Trinajstić information content (AvgIpc) is 3.08. The van der Waals surface area contributed by atoms with Crippen molar-refractivity contribution in [1.82, 2.24) is 15.0 Å². The van der Waals surface area contributed by atoms with Crippen LogP contribution in [0.4, 0.5) is 0 Å². The Morgan fingerprint density at radius 1 is 1.04 bits per heavy atom. The van der Waals surface area contributed by atoms with E-state index in [0.29, 0.717) is 10.6 Å². The molecule has 3 rings (SSSR count). The van der Waals surface area contributed by atoms with E-state index in [4.69, 9.17) is 4.74 Å². The zero-order chi connectivity index (χ0) is 17.7. The molecular formula is C18H19N3O3S. The molecule has 0 amide bonds. The standard InChI is InChI=1S/C18H19N3O3S/c1-15-7-9-18(10-8-15)25(22,23)12-11-21-13-16(19-20-21)14-24-17-5-3-2-4-6-17/h2-10,13H,11-12,14H2,1H3. The minimum absolute atomic E-state index is 0.0294. The molecule has 0 N–H and O–H groups in total. The van der Waals surface area contributed by atoms with E-state index in [0.717, 1.165) is 11.3 Å². The third-order valence-electron chi connectivity index (χ3n) is 3.69. The van der Waals surface area contributed by atoms with Gasteiger partial charge in [-0.25, -0.2) is 8.42 Å². The van der Waals surface area contributed by atoms with Crippen LogP contribution < -0.4 is 4.74 Å². The van der Waals surface area contributed by atoms with Crippen LogP contribution in [0.2, 0.25) is 0 Å². The summed E-state index contributed by atoms with van der Waals surface area (Å²) in [6.45, 7) is 2.45. The van der Waals surface area contributed by atoms with Crippen LogP contribution in [0.25, 0.3) is 0 Å². The molecule has 0 aliphatic rings. The lowest BCUT2D eigenvalue weighted by Crippen LogP contribution is -2.13. The Morgan fingerprint density at radius 2 is 1.76 bits per heavy atom. The highest BCUT2D eigenvalue weighted by molar-refractivity contribution is 7.91. The second kappa shape index (κ2) is 7.48. The Balaban J connectivity index is 1.57. The molecule has 2 aromatic carbocycles. The molecule has 130 valence electrons. The smallest absolute Gasteiger partial charge is 0.180 e. The van der Waals surface area contributed by atoms with Crippen LogP contribution in [0.1, 0.15) is 11.3 Å². The first-order valence-corrected chi connectivity index (χ1v) is 9.54. The van der Waals surface area contributed by atoms with Gasteiger partial charge in [-0.15, -0.1) is 5.10 Å². The van der Waals surface area contributed by atoms with Crippen molar-refractivity contribution in [2.24, 2.45) is 0 Å². The van der Waals surface area contributed by atoms with Gasteiger partial charge in [-0.2, -0.15) is 0 Å². The Hall–Kier alpha value is -2.67. The van der Waals surface area contributed by atoms with E-state index in [1.807, 2.05) is 37.3 Å². The number of para-hydroxylation sites is 1. The lowest BCUT2D eigenvalue weighted by molar-refractivity contribution is 0.301. The molecule has 0 saturated carbocycles. The van der Waals surface area contributed by atoms with Crippen molar-refractivity contribution in [1.29, 1.82) is 0 Å². The normalized spacial score (nSPS) is 11.4. The van der Waals surface area contributed by atoms with Gasteiger partial charge in [0, 0.05) is 0 Å². The SMILES string of the molecule is Cc1ccc(S(=O)(=O)CCn2cc(COc3ccccc3)nn2)cc1. The van der Waals surface area contributed by atoms with Crippen LogP contribution >= 0.6 is 0 Å². The van der Waals surface area contributed by atoms with Crippen LogP contribution in [0.5, 0.6) is 5.75 Å². The van der Waals surface area contributed by atoms with Crippen LogP contribution in [0.3, 0.4) is 0 Å². The van der Waals surface area contributed by atoms with Crippen LogP contribution in [0.15, 0.2) is 65.7 Å². The molecule has 25 heavy (non-hydrogen) atoms. The monoisotopic (exact) mass is 357 g/mol. The summed E-state index contributed by atoms with van der Waals surface area (Å²) in [5, 5.41) is 7.97. The fourth-order valence-electron chi connectivity index (χ4n) is 2.27. The first-order chi connectivity index (χ1) is 12.0. The van der Waals surface area contributed by atoms with E-state index < -0.39 is 9.84 Å². The Kier molecular flexibility index (Phi) is 5.14. The van der Waals surface area contributed by atoms with Crippen molar-refractivity contribution in [3.63, 3.8) is 0 Å². The number of sulfone groups is 1. The molecule has 7 heteroatoms. The van der Waals surface area contributed by atoms with Crippen molar-refractivity contribution in [3.05, 3.63) is 72.1 Å². The predicted molar refractivity (Wildman–Crippen MR) is 94.0 cm³/mol. The fraction of sp³-hybridized carbons (Fsp3) is 0.222. The first kappa shape index (κ1) is 17.2. The second-order valence-corrected chi connectivity index (χ2v) is 7.82. The van der Waals surface area contributed by atoms with Crippen LogP contribution in [0, 0.1) is 6.92 Å². The Bertz CT molecular complexity index is 920. The maximum atomic E-state index is 12.3. The molecule has 0 unspecified atom stereocenters. The highest BCUT2D eigenvalue weighted by Gasteiger charge is 2.14. The van der Waals surface area contributed by atoms with Gasteiger partial charge in [0.2, 0.25) is 0 Å². The van der Waals surface area contributed by atoms with Crippen molar-refractivity contribution < 1.29 is 13.2 Å². The van der Waals surface area contributed by atoms with Crippen molar-refractivity contribution >= 4 is 9.84 Å². The molecule has 0 saturated heterocycles. The summed E-state index contributed by atoms with van der Waals surface area (Å²) in [6.07, 6.45) is 1.70. The number of benzene rings is 2. The topological polar surface area (TPSA) is 74.1 Å². The third-order valence-corrected chi connectivity index (χ3v) is 5.40. The molecular weight excluding hydrogens is 338 g/mol. The largest absolute Gasteiger partial charge is 0.487 e. The summed E-state index contributed by atoms with van der Waals surface area (Å²) < 4.78 is 31.8. The van der Waals surface area contributed by atoms with Gasteiger partial charge in [0.1, 0.15) is 18.1 Å². The van der Waals surface area contributed by atoms with Gasteiger partial charge >= 0.3 is 0 Å². The predicted octanol–water partition coefficient (Wildman–Crippen LogP) is 2.64. The van der Waals surface area contributed by atoms with Gasteiger partial charge in [0.25, 0.3) is 0 Å². The summed E-state index contributed by atoms with van der Waals surface area (Å²) >= 11 is 0. The summed E-state index contributed by atoms with van der Waals surface area (Å²) in [5.74, 6) is 0.720. The molecule has 0 radical (unpaired) electrons. The molecule has 0 aliphatic carbocycles. The summed E-state index contributed by atoms with van der Waals surface area (Å²) in [5.41, 5.74) is 1.68. The van der Waals surface area contributed by atoms with E-state index >= 15 is 0 Å². The summed E-state index contributed by atoms with van der Waals surface area (Å²) in [4.78, 5) is 0.325. The van der Waals surface area contributed by atoms with Gasteiger partial charge < -0.3 is 4.74 Å². The van der Waals surface area contributed by atoms with E-state index in [-0.39, 0.29) is 18.9 Å². The van der Waals surface area contributed by atoms with Gasteiger partial charge in [-0.05, 0) is 31.2 Å². The minimum Gasteiger partial charge on any atom is -0.487 e. The number of aryl methyl sites for hydroxylation is 2. The second-order valence-electron chi connectivity index (χ2n) is 5.71. The molecule has 3 aromatic rings. The summed E-state index contributed by atoms with van der Waals surface area (Å²) in [6, 6.07) is 16.3. The number of hydrogen-bond acceptors (Lipinski definition) is 5. The minimum atomic E-state index is -3.34. The van der Waals surface area contributed by atoms with Gasteiger partial charge in [-0.3, -0.25) is 4.68 Å². The highest BCUT2D eigenvalue weighted by atomic mass is 32.2. The molecule has 0 aliphatic heterocycles. The number of aromatic nitrogens is 3.